The van der Waals surface area contributed by atoms with E-state index in [0.29, 0.717) is 6.42 Å². The summed E-state index contributed by atoms with van der Waals surface area (Å²) in [5.41, 5.74) is -0.502. The largest absolute Gasteiger partial charge is 0.396 e. The number of halogens is 2. The average Bonchev–Trinajstić information content (AvgIpc) is 2.91. The van der Waals surface area contributed by atoms with Gasteiger partial charge >= 0.3 is 0 Å². The van der Waals surface area contributed by atoms with Crippen molar-refractivity contribution in [2.75, 3.05) is 13.2 Å². The summed E-state index contributed by atoms with van der Waals surface area (Å²) in [4.78, 5) is 0. The number of rotatable bonds is 3. The van der Waals surface area contributed by atoms with Crippen molar-refractivity contribution in [3.05, 3.63) is 23.8 Å². The quantitative estimate of drug-likeness (QED) is 0.753. The summed E-state index contributed by atoms with van der Waals surface area (Å²) in [7, 11) is 0. The first-order valence-electron chi connectivity index (χ1n) is 5.07. The minimum absolute atomic E-state index is 0.0255. The molecule has 0 bridgehead atoms. The monoisotopic (exact) mass is 216 g/mol. The first-order chi connectivity index (χ1) is 7.12. The third kappa shape index (κ3) is 1.72. The standard InChI is InChI=1S/C11H14F2O2/c12-9-1-7(2-10(13)3-9)11(6-15)4-8(11)5-14/h1,3,7-8,14-15H,2,4-6H2/t7?,8-,11+/m0/s1. The van der Waals surface area contributed by atoms with Crippen LogP contribution in [0.4, 0.5) is 8.78 Å². The van der Waals surface area contributed by atoms with Crippen molar-refractivity contribution in [2.24, 2.45) is 17.3 Å². The van der Waals surface area contributed by atoms with Gasteiger partial charge in [-0.2, -0.15) is 0 Å². The molecular formula is C11H14F2O2. The van der Waals surface area contributed by atoms with Gasteiger partial charge in [0.05, 0.1) is 0 Å². The molecule has 0 aliphatic heterocycles. The molecule has 0 heterocycles. The highest BCUT2D eigenvalue weighted by molar-refractivity contribution is 5.26. The average molecular weight is 216 g/mol. The number of aliphatic hydroxyl groups is 2. The zero-order valence-electron chi connectivity index (χ0n) is 8.29. The van der Waals surface area contributed by atoms with Gasteiger partial charge in [0.2, 0.25) is 0 Å². The van der Waals surface area contributed by atoms with Crippen LogP contribution in [0.15, 0.2) is 23.8 Å². The first kappa shape index (κ1) is 10.8. The summed E-state index contributed by atoms with van der Waals surface area (Å²) in [6.07, 6.45) is 3.00. The van der Waals surface area contributed by atoms with E-state index in [1.807, 2.05) is 0 Å². The second-order valence-corrected chi connectivity index (χ2v) is 4.43. The van der Waals surface area contributed by atoms with Crippen molar-refractivity contribution in [2.45, 2.75) is 12.8 Å². The minimum atomic E-state index is -0.583. The Balaban J connectivity index is 2.16. The zero-order chi connectivity index (χ0) is 11.1. The molecule has 2 aliphatic rings. The summed E-state index contributed by atoms with van der Waals surface area (Å²) in [5.74, 6) is -1.43. The van der Waals surface area contributed by atoms with E-state index in [-0.39, 0.29) is 31.5 Å². The number of hydrogen-bond donors (Lipinski definition) is 2. The molecule has 0 radical (unpaired) electrons. The summed E-state index contributed by atoms with van der Waals surface area (Å²) >= 11 is 0. The van der Waals surface area contributed by atoms with Gasteiger partial charge in [-0.15, -0.1) is 0 Å². The third-order valence-corrected chi connectivity index (χ3v) is 3.60. The minimum Gasteiger partial charge on any atom is -0.396 e. The van der Waals surface area contributed by atoms with Crippen molar-refractivity contribution in [3.8, 4) is 0 Å². The molecule has 0 amide bonds. The van der Waals surface area contributed by atoms with Crippen LogP contribution in [0, 0.1) is 17.3 Å². The van der Waals surface area contributed by atoms with Crippen LogP contribution in [0.25, 0.3) is 0 Å². The maximum Gasteiger partial charge on any atom is 0.122 e. The van der Waals surface area contributed by atoms with Crippen molar-refractivity contribution >= 4 is 0 Å². The SMILES string of the molecule is OC[C@@H]1C[C@@]1(CO)C1C=C(F)C=C(F)C1. The maximum atomic E-state index is 13.0. The van der Waals surface area contributed by atoms with Crippen LogP contribution in [0.3, 0.4) is 0 Å². The van der Waals surface area contributed by atoms with Crippen LogP contribution in [-0.2, 0) is 0 Å². The summed E-state index contributed by atoms with van der Waals surface area (Å²) in [6.45, 7) is -0.155. The Labute approximate surface area is 86.9 Å². The number of hydrogen-bond acceptors (Lipinski definition) is 2. The van der Waals surface area contributed by atoms with Crippen molar-refractivity contribution in [1.82, 2.24) is 0 Å². The highest BCUT2D eigenvalue weighted by Crippen LogP contribution is 2.60. The van der Waals surface area contributed by atoms with Crippen molar-refractivity contribution in [1.29, 1.82) is 0 Å². The van der Waals surface area contributed by atoms with Crippen LogP contribution in [0.2, 0.25) is 0 Å². The lowest BCUT2D eigenvalue weighted by molar-refractivity contribution is 0.135. The lowest BCUT2D eigenvalue weighted by Crippen LogP contribution is -2.23. The van der Waals surface area contributed by atoms with Gasteiger partial charge in [0.15, 0.2) is 0 Å². The van der Waals surface area contributed by atoms with E-state index in [1.165, 1.54) is 6.08 Å². The Bertz CT molecular complexity index is 325. The van der Waals surface area contributed by atoms with E-state index in [1.54, 1.807) is 0 Å². The van der Waals surface area contributed by atoms with E-state index in [4.69, 9.17) is 5.11 Å². The molecule has 0 aromatic carbocycles. The van der Waals surface area contributed by atoms with E-state index < -0.39 is 17.1 Å². The molecule has 0 spiro atoms. The molecule has 84 valence electrons. The van der Waals surface area contributed by atoms with E-state index in [0.717, 1.165) is 6.08 Å². The highest BCUT2D eigenvalue weighted by atomic mass is 19.1. The normalized spacial score (nSPS) is 39.7. The smallest absolute Gasteiger partial charge is 0.122 e. The Morgan fingerprint density at radius 1 is 1.40 bits per heavy atom. The molecule has 2 rings (SSSR count). The van der Waals surface area contributed by atoms with Crippen LogP contribution in [0.1, 0.15) is 12.8 Å². The van der Waals surface area contributed by atoms with Gasteiger partial charge in [0.25, 0.3) is 0 Å². The molecule has 4 heteroatoms. The Morgan fingerprint density at radius 3 is 2.60 bits per heavy atom. The lowest BCUT2D eigenvalue weighted by Gasteiger charge is -2.25. The van der Waals surface area contributed by atoms with E-state index in [9.17, 15) is 13.9 Å². The van der Waals surface area contributed by atoms with Crippen LogP contribution in [-0.4, -0.2) is 23.4 Å². The second-order valence-electron chi connectivity index (χ2n) is 4.43. The fourth-order valence-corrected chi connectivity index (χ4v) is 2.50. The fraction of sp³-hybridized carbons (Fsp3) is 0.636. The zero-order valence-corrected chi connectivity index (χ0v) is 8.29. The molecule has 15 heavy (non-hydrogen) atoms. The number of aliphatic hydroxyl groups excluding tert-OH is 2. The molecule has 0 aromatic heterocycles. The summed E-state index contributed by atoms with van der Waals surface area (Å²) in [6, 6.07) is 0. The lowest BCUT2D eigenvalue weighted by atomic mass is 9.82. The molecule has 2 N–H and O–H groups in total. The molecule has 2 nitrogen and oxygen atoms in total. The first-order valence-corrected chi connectivity index (χ1v) is 5.07. The molecule has 1 unspecified atom stereocenters. The third-order valence-electron chi connectivity index (χ3n) is 3.60. The van der Waals surface area contributed by atoms with Gasteiger partial charge in [-0.05, 0) is 24.3 Å². The van der Waals surface area contributed by atoms with Crippen molar-refractivity contribution < 1.29 is 19.0 Å². The summed E-state index contributed by atoms with van der Waals surface area (Å²) in [5, 5.41) is 18.3. The Morgan fingerprint density at radius 2 is 2.13 bits per heavy atom. The maximum absolute atomic E-state index is 13.0. The highest BCUT2D eigenvalue weighted by Gasteiger charge is 2.57. The molecule has 0 aromatic rings. The second kappa shape index (κ2) is 3.68. The van der Waals surface area contributed by atoms with Gasteiger partial charge in [0.1, 0.15) is 11.7 Å². The molecule has 1 fully saturated rings. The predicted molar refractivity (Wildman–Crippen MR) is 51.2 cm³/mol. The van der Waals surface area contributed by atoms with Crippen molar-refractivity contribution in [3.63, 3.8) is 0 Å². The van der Waals surface area contributed by atoms with E-state index in [2.05, 4.69) is 0 Å². The van der Waals surface area contributed by atoms with Gasteiger partial charge in [0, 0.05) is 31.1 Å². The Kier molecular flexibility index (Phi) is 2.64. The van der Waals surface area contributed by atoms with Gasteiger partial charge in [-0.1, -0.05) is 0 Å². The van der Waals surface area contributed by atoms with Gasteiger partial charge in [-0.25, -0.2) is 8.78 Å². The molecule has 1 saturated carbocycles. The molecule has 0 saturated heterocycles. The van der Waals surface area contributed by atoms with E-state index >= 15 is 0 Å². The van der Waals surface area contributed by atoms with Crippen LogP contribution < -0.4 is 0 Å². The van der Waals surface area contributed by atoms with Crippen LogP contribution >= 0.6 is 0 Å². The Hall–Kier alpha value is -0.740. The van der Waals surface area contributed by atoms with Crippen LogP contribution in [0.5, 0.6) is 0 Å². The molecule has 3 atom stereocenters. The number of allylic oxidation sites excluding steroid dienone is 4. The fourth-order valence-electron chi connectivity index (χ4n) is 2.50. The topological polar surface area (TPSA) is 40.5 Å². The predicted octanol–water partition coefficient (Wildman–Crippen LogP) is 1.70. The summed E-state index contributed by atoms with van der Waals surface area (Å²) < 4.78 is 26.1. The molecular weight excluding hydrogens is 202 g/mol. The molecule has 2 aliphatic carbocycles. The van der Waals surface area contributed by atoms with Gasteiger partial charge < -0.3 is 10.2 Å². The van der Waals surface area contributed by atoms with Gasteiger partial charge in [-0.3, -0.25) is 0 Å².